The summed E-state index contributed by atoms with van der Waals surface area (Å²) in [6.07, 6.45) is 4.74. The van der Waals surface area contributed by atoms with Crippen molar-refractivity contribution in [3.63, 3.8) is 0 Å². The molecule has 1 amide bonds. The molecule has 7 heteroatoms. The Balaban J connectivity index is 1.64. The number of alkyl halides is 2. The number of carbonyl (C=O) groups is 1. The lowest BCUT2D eigenvalue weighted by atomic mass is 9.75. The molecule has 2 heterocycles. The van der Waals surface area contributed by atoms with Gasteiger partial charge in [-0.15, -0.1) is 0 Å². The van der Waals surface area contributed by atoms with Gasteiger partial charge in [-0.2, -0.15) is 8.78 Å². The zero-order valence-electron chi connectivity index (χ0n) is 13.7. The van der Waals surface area contributed by atoms with Gasteiger partial charge in [0.1, 0.15) is 5.60 Å². The van der Waals surface area contributed by atoms with Crippen LogP contribution in [0.1, 0.15) is 37.3 Å². The number of hydrogen-bond donors (Lipinski definition) is 2. The van der Waals surface area contributed by atoms with Gasteiger partial charge >= 0.3 is 5.92 Å². The van der Waals surface area contributed by atoms with Gasteiger partial charge in [0.2, 0.25) is 0 Å². The molecule has 1 aliphatic heterocycles. The lowest BCUT2D eigenvalue weighted by Crippen LogP contribution is -2.61. The van der Waals surface area contributed by atoms with Gasteiger partial charge < -0.3 is 10.4 Å². The third-order valence-corrected chi connectivity index (χ3v) is 5.38. The Morgan fingerprint density at radius 2 is 2.29 bits per heavy atom. The van der Waals surface area contributed by atoms with Crippen LogP contribution in [0.15, 0.2) is 24.5 Å². The van der Waals surface area contributed by atoms with Gasteiger partial charge in [-0.05, 0) is 56.8 Å². The molecule has 2 atom stereocenters. The first kappa shape index (κ1) is 17.2. The molecule has 1 aromatic heterocycles. The van der Waals surface area contributed by atoms with Crippen molar-refractivity contribution >= 4 is 5.91 Å². The maximum Gasteiger partial charge on any atom is 0.352 e. The Kier molecular flexibility index (Phi) is 4.57. The van der Waals surface area contributed by atoms with Crippen molar-refractivity contribution in [1.82, 2.24) is 15.2 Å². The standard InChI is InChI=1S/C17H23F2N3O2/c1-22-9-5-13(14(22)12-4-2-8-20-10-12)11-21-15(23)17(18,19)16(24)6-3-7-16/h2,4,8,10,13-14,24H,3,5-7,9,11H2,1H3,(H,21,23)/t13-,14-/m0/s1. The highest BCUT2D eigenvalue weighted by molar-refractivity contribution is 5.85. The van der Waals surface area contributed by atoms with E-state index in [2.05, 4.69) is 15.2 Å². The maximum atomic E-state index is 14.1. The van der Waals surface area contributed by atoms with E-state index in [4.69, 9.17) is 0 Å². The molecule has 1 saturated heterocycles. The number of aliphatic hydroxyl groups is 1. The summed E-state index contributed by atoms with van der Waals surface area (Å²) in [6, 6.07) is 3.84. The van der Waals surface area contributed by atoms with Gasteiger partial charge in [0.25, 0.3) is 5.91 Å². The second kappa shape index (κ2) is 6.37. The van der Waals surface area contributed by atoms with Crippen LogP contribution in [0.2, 0.25) is 0 Å². The van der Waals surface area contributed by atoms with Crippen LogP contribution in [0.4, 0.5) is 8.78 Å². The Morgan fingerprint density at radius 1 is 1.54 bits per heavy atom. The fraction of sp³-hybridized carbons (Fsp3) is 0.647. The smallest absolute Gasteiger partial charge is 0.352 e. The molecule has 0 bridgehead atoms. The number of nitrogens with one attached hydrogen (secondary N) is 1. The summed E-state index contributed by atoms with van der Waals surface area (Å²) in [6.45, 7) is 0.995. The minimum absolute atomic E-state index is 0.0299. The number of hydrogen-bond acceptors (Lipinski definition) is 4. The van der Waals surface area contributed by atoms with Gasteiger partial charge in [0.15, 0.2) is 0 Å². The van der Waals surface area contributed by atoms with Gasteiger partial charge in [-0.3, -0.25) is 14.7 Å². The molecule has 0 radical (unpaired) electrons. The molecule has 3 rings (SSSR count). The first-order chi connectivity index (χ1) is 11.3. The zero-order valence-corrected chi connectivity index (χ0v) is 13.7. The number of aromatic nitrogens is 1. The molecule has 2 fully saturated rings. The van der Waals surface area contributed by atoms with Crippen LogP contribution in [-0.4, -0.2) is 52.6 Å². The van der Waals surface area contributed by atoms with E-state index < -0.39 is 17.4 Å². The molecule has 132 valence electrons. The van der Waals surface area contributed by atoms with Crippen molar-refractivity contribution in [2.45, 2.75) is 43.2 Å². The van der Waals surface area contributed by atoms with Crippen molar-refractivity contribution in [3.8, 4) is 0 Å². The van der Waals surface area contributed by atoms with Gasteiger partial charge in [-0.1, -0.05) is 6.07 Å². The summed E-state index contributed by atoms with van der Waals surface area (Å²) >= 11 is 0. The molecule has 2 aliphatic rings. The first-order valence-corrected chi connectivity index (χ1v) is 8.34. The lowest BCUT2D eigenvalue weighted by molar-refractivity contribution is -0.216. The fourth-order valence-corrected chi connectivity index (χ4v) is 3.69. The highest BCUT2D eigenvalue weighted by Crippen LogP contribution is 2.44. The minimum atomic E-state index is -3.74. The average molecular weight is 339 g/mol. The van der Waals surface area contributed by atoms with E-state index >= 15 is 0 Å². The predicted octanol–water partition coefficient (Wildman–Crippen LogP) is 1.74. The second-order valence-electron chi connectivity index (χ2n) is 6.93. The molecule has 2 N–H and O–H groups in total. The summed E-state index contributed by atoms with van der Waals surface area (Å²) in [5, 5.41) is 12.2. The number of pyridine rings is 1. The molecule has 5 nitrogen and oxygen atoms in total. The highest BCUT2D eigenvalue weighted by Gasteiger charge is 2.61. The van der Waals surface area contributed by atoms with E-state index in [0.29, 0.717) is 6.42 Å². The van der Waals surface area contributed by atoms with Gasteiger partial charge in [0.05, 0.1) is 0 Å². The number of nitrogens with zero attached hydrogens (tertiary/aromatic N) is 2. The van der Waals surface area contributed by atoms with Crippen molar-refractivity contribution in [2.75, 3.05) is 20.1 Å². The lowest BCUT2D eigenvalue weighted by Gasteiger charge is -2.41. The molecule has 1 aromatic rings. The van der Waals surface area contributed by atoms with Crippen LogP contribution in [0.3, 0.4) is 0 Å². The van der Waals surface area contributed by atoms with E-state index in [1.807, 2.05) is 19.2 Å². The molecule has 0 unspecified atom stereocenters. The quantitative estimate of drug-likeness (QED) is 0.858. The Hall–Kier alpha value is -1.60. The number of carbonyl (C=O) groups excluding carboxylic acids is 1. The Labute approximate surface area is 140 Å². The summed E-state index contributed by atoms with van der Waals surface area (Å²) in [4.78, 5) is 18.2. The second-order valence-corrected chi connectivity index (χ2v) is 6.93. The Bertz CT molecular complexity index is 593. The van der Waals surface area contributed by atoms with E-state index in [0.717, 1.165) is 18.5 Å². The largest absolute Gasteiger partial charge is 0.383 e. The summed E-state index contributed by atoms with van der Waals surface area (Å²) in [5.74, 6) is -5.07. The molecule has 0 aromatic carbocycles. The fourth-order valence-electron chi connectivity index (χ4n) is 3.69. The van der Waals surface area contributed by atoms with E-state index in [1.54, 1.807) is 12.4 Å². The van der Waals surface area contributed by atoms with Crippen molar-refractivity contribution in [2.24, 2.45) is 5.92 Å². The number of halogens is 2. The molecular weight excluding hydrogens is 316 g/mol. The monoisotopic (exact) mass is 339 g/mol. The summed E-state index contributed by atoms with van der Waals surface area (Å²) < 4.78 is 28.3. The normalized spacial score (nSPS) is 26.8. The van der Waals surface area contributed by atoms with Gasteiger partial charge in [-0.25, -0.2) is 0 Å². The van der Waals surface area contributed by atoms with E-state index in [9.17, 15) is 18.7 Å². The minimum Gasteiger partial charge on any atom is -0.383 e. The van der Waals surface area contributed by atoms with E-state index in [-0.39, 0.29) is 31.3 Å². The van der Waals surface area contributed by atoms with Crippen LogP contribution in [0.25, 0.3) is 0 Å². The zero-order chi connectivity index (χ0) is 17.4. The third-order valence-electron chi connectivity index (χ3n) is 5.38. The van der Waals surface area contributed by atoms with Crippen LogP contribution in [-0.2, 0) is 4.79 Å². The van der Waals surface area contributed by atoms with Crippen molar-refractivity contribution in [1.29, 1.82) is 0 Å². The number of likely N-dealkylation sites (tertiary alicyclic amines) is 1. The van der Waals surface area contributed by atoms with Crippen molar-refractivity contribution in [3.05, 3.63) is 30.1 Å². The average Bonchev–Trinajstić information content (AvgIpc) is 2.91. The topological polar surface area (TPSA) is 65.5 Å². The van der Waals surface area contributed by atoms with E-state index in [1.165, 1.54) is 0 Å². The summed E-state index contributed by atoms with van der Waals surface area (Å²) in [5.41, 5.74) is -1.16. The highest BCUT2D eigenvalue weighted by atomic mass is 19.3. The third kappa shape index (κ3) is 2.91. The van der Waals surface area contributed by atoms with Crippen LogP contribution < -0.4 is 5.32 Å². The molecule has 1 aliphatic carbocycles. The number of amides is 1. The molecule has 1 saturated carbocycles. The van der Waals surface area contributed by atoms with Crippen LogP contribution in [0, 0.1) is 5.92 Å². The predicted molar refractivity (Wildman–Crippen MR) is 84.5 cm³/mol. The van der Waals surface area contributed by atoms with Gasteiger partial charge in [0, 0.05) is 25.0 Å². The Morgan fingerprint density at radius 3 is 2.88 bits per heavy atom. The maximum absolute atomic E-state index is 14.1. The molecule has 24 heavy (non-hydrogen) atoms. The van der Waals surface area contributed by atoms with Crippen molar-refractivity contribution < 1.29 is 18.7 Å². The summed E-state index contributed by atoms with van der Waals surface area (Å²) in [7, 11) is 1.98. The SMILES string of the molecule is CN1CC[C@@H](CNC(=O)C(F)(F)C2(O)CCC2)[C@@H]1c1cccnc1. The molecule has 0 spiro atoms. The van der Waals surface area contributed by atoms with Crippen LogP contribution >= 0.6 is 0 Å². The van der Waals surface area contributed by atoms with Crippen LogP contribution in [0.5, 0.6) is 0 Å². The molecular formula is C17H23F2N3O2. The first-order valence-electron chi connectivity index (χ1n) is 8.34. The number of rotatable bonds is 5.